The van der Waals surface area contributed by atoms with Crippen LogP contribution in [0.1, 0.15) is 53.4 Å². The molecule has 1 aliphatic carbocycles. The van der Waals surface area contributed by atoms with Crippen molar-refractivity contribution in [2.75, 3.05) is 0 Å². The van der Waals surface area contributed by atoms with Gasteiger partial charge < -0.3 is 0 Å². The fourth-order valence-corrected chi connectivity index (χ4v) is 1.39. The zero-order valence-corrected chi connectivity index (χ0v) is 9.64. The van der Waals surface area contributed by atoms with Crippen LogP contribution in [0.15, 0.2) is 23.8 Å². The summed E-state index contributed by atoms with van der Waals surface area (Å²) in [4.78, 5) is 0. The van der Waals surface area contributed by atoms with Crippen molar-refractivity contribution in [3.05, 3.63) is 23.8 Å². The molecule has 1 atom stereocenters. The van der Waals surface area contributed by atoms with E-state index < -0.39 is 0 Å². The molecule has 0 nitrogen and oxygen atoms in total. The third-order valence-electron chi connectivity index (χ3n) is 2.11. The number of hydrogen-bond donors (Lipinski definition) is 0. The van der Waals surface area contributed by atoms with E-state index in [0.717, 1.165) is 5.92 Å². The minimum atomic E-state index is 0.855. The van der Waals surface area contributed by atoms with Crippen molar-refractivity contribution in [1.29, 1.82) is 0 Å². The Balaban J connectivity index is 0.000000226. The summed E-state index contributed by atoms with van der Waals surface area (Å²) in [6.45, 7) is 8.65. The van der Waals surface area contributed by atoms with Gasteiger partial charge >= 0.3 is 0 Å². The van der Waals surface area contributed by atoms with Crippen LogP contribution in [0.5, 0.6) is 0 Å². The van der Waals surface area contributed by atoms with E-state index in [1.165, 1.54) is 31.3 Å². The van der Waals surface area contributed by atoms with Crippen molar-refractivity contribution >= 4 is 0 Å². The van der Waals surface area contributed by atoms with Crippen LogP contribution >= 0.6 is 0 Å². The van der Waals surface area contributed by atoms with Crippen molar-refractivity contribution in [3.8, 4) is 0 Å². The molecule has 0 bridgehead atoms. The summed E-state index contributed by atoms with van der Waals surface area (Å²) in [6.07, 6.45) is 12.1. The third-order valence-corrected chi connectivity index (χ3v) is 2.11. The molecule has 1 unspecified atom stereocenters. The highest BCUT2D eigenvalue weighted by Gasteiger charge is 1.98. The molecule has 0 saturated carbocycles. The van der Waals surface area contributed by atoms with Gasteiger partial charge in [0.2, 0.25) is 0 Å². The van der Waals surface area contributed by atoms with E-state index in [1.54, 1.807) is 0 Å². The SMILES string of the molecule is CC1C=CCCC1.CCC=C(C)C. The van der Waals surface area contributed by atoms with E-state index in [0.29, 0.717) is 0 Å². The van der Waals surface area contributed by atoms with Crippen LogP contribution in [0.25, 0.3) is 0 Å². The molecule has 0 N–H and O–H groups in total. The number of hydrogen-bond acceptors (Lipinski definition) is 0. The van der Waals surface area contributed by atoms with Crippen molar-refractivity contribution in [3.63, 3.8) is 0 Å². The van der Waals surface area contributed by atoms with E-state index in [4.69, 9.17) is 0 Å². The average molecular weight is 180 g/mol. The van der Waals surface area contributed by atoms with Gasteiger partial charge in [-0.25, -0.2) is 0 Å². The van der Waals surface area contributed by atoms with Crippen molar-refractivity contribution in [2.24, 2.45) is 5.92 Å². The van der Waals surface area contributed by atoms with Crippen LogP contribution in [0.3, 0.4) is 0 Å². The maximum absolute atomic E-state index is 2.31. The molecule has 1 rings (SSSR count). The van der Waals surface area contributed by atoms with E-state index in [2.05, 4.69) is 45.9 Å². The molecular weight excluding hydrogens is 156 g/mol. The van der Waals surface area contributed by atoms with Crippen LogP contribution in [0.2, 0.25) is 0 Å². The zero-order chi connectivity index (χ0) is 10.1. The molecule has 0 aromatic carbocycles. The molecule has 0 aromatic rings. The zero-order valence-electron chi connectivity index (χ0n) is 9.64. The summed E-state index contributed by atoms with van der Waals surface area (Å²) in [6, 6.07) is 0. The Kier molecular flexibility index (Phi) is 7.77. The first-order chi connectivity index (χ1) is 6.16. The molecule has 13 heavy (non-hydrogen) atoms. The van der Waals surface area contributed by atoms with Gasteiger partial charge in [0.15, 0.2) is 0 Å². The summed E-state index contributed by atoms with van der Waals surface area (Å²) < 4.78 is 0. The van der Waals surface area contributed by atoms with Gasteiger partial charge in [-0.2, -0.15) is 0 Å². The Morgan fingerprint density at radius 1 is 1.46 bits per heavy atom. The lowest BCUT2D eigenvalue weighted by molar-refractivity contribution is 0.584. The van der Waals surface area contributed by atoms with Gasteiger partial charge in [-0.1, -0.05) is 37.6 Å². The quantitative estimate of drug-likeness (QED) is 0.512. The second-order valence-corrected chi connectivity index (χ2v) is 4.03. The smallest absolute Gasteiger partial charge is 0.0262 e. The third kappa shape index (κ3) is 9.39. The van der Waals surface area contributed by atoms with Crippen LogP contribution in [-0.2, 0) is 0 Å². The minimum Gasteiger partial charge on any atom is -0.0883 e. The monoisotopic (exact) mass is 180 g/mol. The topological polar surface area (TPSA) is 0 Å². The largest absolute Gasteiger partial charge is 0.0883 e. The highest BCUT2D eigenvalue weighted by Crippen LogP contribution is 2.14. The molecule has 1 aliphatic rings. The second-order valence-electron chi connectivity index (χ2n) is 4.03. The van der Waals surface area contributed by atoms with Gasteiger partial charge in [0.25, 0.3) is 0 Å². The summed E-state index contributed by atoms with van der Waals surface area (Å²) in [5.41, 5.74) is 1.41. The van der Waals surface area contributed by atoms with Gasteiger partial charge in [0.1, 0.15) is 0 Å². The predicted octanol–water partition coefficient (Wildman–Crippen LogP) is 4.73. The summed E-state index contributed by atoms with van der Waals surface area (Å²) in [5, 5.41) is 0. The Morgan fingerprint density at radius 3 is 2.31 bits per heavy atom. The molecular formula is C13H24. The van der Waals surface area contributed by atoms with E-state index in [-0.39, 0.29) is 0 Å². The fraction of sp³-hybridized carbons (Fsp3) is 0.692. The van der Waals surface area contributed by atoms with Gasteiger partial charge in [0, 0.05) is 0 Å². The number of allylic oxidation sites excluding steroid dienone is 4. The molecule has 0 aromatic heterocycles. The molecule has 0 amide bonds. The molecule has 0 radical (unpaired) electrons. The minimum absolute atomic E-state index is 0.855. The van der Waals surface area contributed by atoms with E-state index >= 15 is 0 Å². The normalized spacial score (nSPS) is 20.2. The Bertz CT molecular complexity index is 159. The summed E-state index contributed by atoms with van der Waals surface area (Å²) >= 11 is 0. The Hall–Kier alpha value is -0.520. The molecule has 0 spiro atoms. The fourth-order valence-electron chi connectivity index (χ4n) is 1.39. The highest BCUT2D eigenvalue weighted by atomic mass is 14.0. The molecule has 0 saturated heterocycles. The number of rotatable bonds is 1. The maximum atomic E-state index is 2.31. The first kappa shape index (κ1) is 12.5. The standard InChI is InChI=1S/C7H12.C6H12/c1-7-5-3-2-4-6-7;1-4-5-6(2)3/h3,5,7H,2,4,6H2,1H3;5H,4H2,1-3H3. The molecule has 0 heterocycles. The lowest BCUT2D eigenvalue weighted by Gasteiger charge is -2.08. The van der Waals surface area contributed by atoms with Crippen LogP contribution < -0.4 is 0 Å². The maximum Gasteiger partial charge on any atom is -0.0262 e. The van der Waals surface area contributed by atoms with E-state index in [9.17, 15) is 0 Å². The Labute approximate surface area is 83.7 Å². The van der Waals surface area contributed by atoms with Crippen molar-refractivity contribution in [1.82, 2.24) is 0 Å². The summed E-state index contributed by atoms with van der Waals surface area (Å²) in [7, 11) is 0. The second kappa shape index (κ2) is 8.10. The van der Waals surface area contributed by atoms with Gasteiger partial charge in [-0.05, 0) is 45.4 Å². The Morgan fingerprint density at radius 2 is 2.15 bits per heavy atom. The van der Waals surface area contributed by atoms with Gasteiger partial charge in [0.05, 0.1) is 0 Å². The summed E-state index contributed by atoms with van der Waals surface area (Å²) in [5.74, 6) is 0.855. The van der Waals surface area contributed by atoms with Crippen LogP contribution in [-0.4, -0.2) is 0 Å². The molecule has 0 heteroatoms. The van der Waals surface area contributed by atoms with Crippen LogP contribution in [0.4, 0.5) is 0 Å². The first-order valence-electron chi connectivity index (χ1n) is 5.46. The predicted molar refractivity (Wildman–Crippen MR) is 61.9 cm³/mol. The molecule has 76 valence electrons. The van der Waals surface area contributed by atoms with Crippen LogP contribution in [0, 0.1) is 5.92 Å². The molecule has 0 aliphatic heterocycles. The average Bonchev–Trinajstić information content (AvgIpc) is 2.06. The van der Waals surface area contributed by atoms with Crippen molar-refractivity contribution < 1.29 is 0 Å². The highest BCUT2D eigenvalue weighted by molar-refractivity contribution is 4.91. The lowest BCUT2D eigenvalue weighted by Crippen LogP contribution is -1.92. The van der Waals surface area contributed by atoms with Gasteiger partial charge in [-0.3, -0.25) is 0 Å². The first-order valence-corrected chi connectivity index (χ1v) is 5.46. The van der Waals surface area contributed by atoms with Crippen molar-refractivity contribution in [2.45, 2.75) is 53.4 Å². The van der Waals surface area contributed by atoms with Gasteiger partial charge in [-0.15, -0.1) is 0 Å². The lowest BCUT2D eigenvalue weighted by atomic mass is 9.98. The van der Waals surface area contributed by atoms with E-state index in [1.807, 2.05) is 0 Å². The molecule has 0 fully saturated rings.